The van der Waals surface area contributed by atoms with Crippen LogP contribution in [0.1, 0.15) is 47.5 Å². The van der Waals surface area contributed by atoms with Crippen molar-refractivity contribution < 1.29 is 30.0 Å². The lowest BCUT2D eigenvalue weighted by Gasteiger charge is -2.07. The molecule has 6 nitrogen and oxygen atoms in total. The summed E-state index contributed by atoms with van der Waals surface area (Å²) in [5, 5.41) is 32.6. The SMILES string of the molecule is CC(C)(S)C(=O)O.CC(C)(S)C(=O)O.CCCC(O)O. The molecule has 0 heterocycles. The number of aliphatic hydroxyl groups excluding tert-OH is 1. The van der Waals surface area contributed by atoms with Gasteiger partial charge in [0.25, 0.3) is 0 Å². The van der Waals surface area contributed by atoms with E-state index in [1.54, 1.807) is 0 Å². The zero-order valence-corrected chi connectivity index (χ0v) is 14.3. The molecule has 0 aromatic heterocycles. The highest BCUT2D eigenvalue weighted by Gasteiger charge is 2.20. The van der Waals surface area contributed by atoms with Gasteiger partial charge in [-0.3, -0.25) is 9.59 Å². The number of rotatable bonds is 4. The summed E-state index contributed by atoms with van der Waals surface area (Å²) < 4.78 is -1.78. The summed E-state index contributed by atoms with van der Waals surface area (Å²) in [4.78, 5) is 19.9. The summed E-state index contributed by atoms with van der Waals surface area (Å²) in [7, 11) is 0. The Morgan fingerprint density at radius 1 is 0.950 bits per heavy atom. The van der Waals surface area contributed by atoms with E-state index in [9.17, 15) is 9.59 Å². The first-order chi connectivity index (χ1) is 8.66. The molecule has 0 aliphatic rings. The van der Waals surface area contributed by atoms with Gasteiger partial charge in [0.1, 0.15) is 9.49 Å². The van der Waals surface area contributed by atoms with E-state index in [0.29, 0.717) is 6.42 Å². The molecule has 0 bridgehead atoms. The number of carboxylic acids is 2. The Kier molecular flexibility index (Phi) is 13.8. The van der Waals surface area contributed by atoms with Crippen LogP contribution in [0, 0.1) is 0 Å². The van der Waals surface area contributed by atoms with Crippen molar-refractivity contribution >= 4 is 37.2 Å². The second-order valence-corrected chi connectivity index (χ2v) is 7.23. The molecule has 0 aromatic rings. The number of hydrogen-bond donors (Lipinski definition) is 6. The van der Waals surface area contributed by atoms with Crippen molar-refractivity contribution in [3.8, 4) is 0 Å². The summed E-state index contributed by atoms with van der Waals surface area (Å²) in [5.41, 5.74) is 0. The molecule has 0 spiro atoms. The van der Waals surface area contributed by atoms with Crippen molar-refractivity contribution in [3.05, 3.63) is 0 Å². The molecule has 0 unspecified atom stereocenters. The summed E-state index contributed by atoms with van der Waals surface area (Å²) in [6, 6.07) is 0. The van der Waals surface area contributed by atoms with Crippen LogP contribution in [0.4, 0.5) is 0 Å². The number of hydrogen-bond acceptors (Lipinski definition) is 6. The fourth-order valence-electron chi connectivity index (χ4n) is 0.258. The zero-order valence-electron chi connectivity index (χ0n) is 12.5. The van der Waals surface area contributed by atoms with Gasteiger partial charge in [-0.2, -0.15) is 25.3 Å². The van der Waals surface area contributed by atoms with Crippen LogP contribution in [0.2, 0.25) is 0 Å². The molecule has 0 radical (unpaired) electrons. The summed E-state index contributed by atoms with van der Waals surface area (Å²) >= 11 is 7.50. The van der Waals surface area contributed by atoms with Crippen LogP contribution in [0.25, 0.3) is 0 Å². The van der Waals surface area contributed by atoms with Crippen LogP contribution in [-0.4, -0.2) is 48.1 Å². The molecule has 0 rings (SSSR count). The summed E-state index contributed by atoms with van der Waals surface area (Å²) in [5.74, 6) is -1.79. The van der Waals surface area contributed by atoms with Crippen molar-refractivity contribution in [1.82, 2.24) is 0 Å². The van der Waals surface area contributed by atoms with Gasteiger partial charge in [-0.05, 0) is 34.1 Å². The molecule has 0 amide bonds. The van der Waals surface area contributed by atoms with E-state index in [1.165, 1.54) is 27.7 Å². The molecule has 0 aliphatic carbocycles. The maximum Gasteiger partial charge on any atom is 0.318 e. The largest absolute Gasteiger partial charge is 0.480 e. The molecular formula is C12H26O6S2. The Bertz CT molecular complexity index is 255. The summed E-state index contributed by atoms with van der Waals surface area (Å²) in [6.45, 7) is 8.01. The van der Waals surface area contributed by atoms with Crippen molar-refractivity contribution in [2.75, 3.05) is 0 Å². The van der Waals surface area contributed by atoms with Gasteiger partial charge >= 0.3 is 11.9 Å². The normalized spacial score (nSPS) is 10.9. The van der Waals surface area contributed by atoms with E-state index in [2.05, 4.69) is 25.3 Å². The van der Waals surface area contributed by atoms with Gasteiger partial charge in [-0.1, -0.05) is 13.3 Å². The summed E-state index contributed by atoms with van der Waals surface area (Å²) in [6.07, 6.45) is 0.215. The first-order valence-corrected chi connectivity index (χ1v) is 6.83. The van der Waals surface area contributed by atoms with Crippen LogP contribution in [0.5, 0.6) is 0 Å². The average molecular weight is 330 g/mol. The molecular weight excluding hydrogens is 304 g/mol. The molecule has 0 saturated carbocycles. The molecule has 0 aromatic carbocycles. The molecule has 0 atom stereocenters. The van der Waals surface area contributed by atoms with Crippen molar-refractivity contribution in [3.63, 3.8) is 0 Å². The van der Waals surface area contributed by atoms with E-state index in [1.807, 2.05) is 6.92 Å². The number of carbonyl (C=O) groups is 2. The standard InChI is InChI=1S/2C4H8O2S.C4H10O2/c2*1-4(2,7)3(5)6;1-2-3-4(5)6/h2*7H,1-2H3,(H,5,6);4-6H,2-3H2,1H3. The van der Waals surface area contributed by atoms with E-state index in [4.69, 9.17) is 20.4 Å². The van der Waals surface area contributed by atoms with Gasteiger partial charge in [0.05, 0.1) is 0 Å². The quantitative estimate of drug-likeness (QED) is 0.345. The average Bonchev–Trinajstić information content (AvgIpc) is 2.15. The van der Waals surface area contributed by atoms with Crippen LogP contribution in [0.15, 0.2) is 0 Å². The Hall–Kier alpha value is -0.440. The second-order valence-electron chi connectivity index (χ2n) is 5.00. The topological polar surface area (TPSA) is 115 Å². The maximum absolute atomic E-state index is 9.94. The predicted molar refractivity (Wildman–Crippen MR) is 84.5 cm³/mol. The lowest BCUT2D eigenvalue weighted by atomic mass is 10.2. The fourth-order valence-corrected chi connectivity index (χ4v) is 0.258. The third-order valence-corrected chi connectivity index (χ3v) is 1.98. The minimum absolute atomic E-state index is 0.486. The highest BCUT2D eigenvalue weighted by atomic mass is 32.1. The van der Waals surface area contributed by atoms with Gasteiger partial charge < -0.3 is 20.4 Å². The first kappa shape index (κ1) is 24.6. The number of carboxylic acid groups (broad SMARTS) is 2. The van der Waals surface area contributed by atoms with Crippen LogP contribution >= 0.6 is 25.3 Å². The van der Waals surface area contributed by atoms with E-state index in [0.717, 1.165) is 6.42 Å². The third kappa shape index (κ3) is 22.7. The molecule has 4 N–H and O–H groups in total. The second kappa shape index (κ2) is 11.2. The Balaban J connectivity index is -0.000000218. The van der Waals surface area contributed by atoms with E-state index < -0.39 is 27.7 Å². The number of thiol groups is 2. The Morgan fingerprint density at radius 3 is 1.15 bits per heavy atom. The molecule has 0 saturated heterocycles. The highest BCUT2D eigenvalue weighted by molar-refractivity contribution is 7.82. The van der Waals surface area contributed by atoms with Crippen molar-refractivity contribution in [1.29, 1.82) is 0 Å². The zero-order chi connectivity index (χ0) is 17.1. The van der Waals surface area contributed by atoms with Gasteiger partial charge in [-0.15, -0.1) is 0 Å². The predicted octanol–water partition coefficient (Wildman–Crippen LogP) is 1.66. The van der Waals surface area contributed by atoms with Crippen LogP contribution in [-0.2, 0) is 9.59 Å². The molecule has 122 valence electrons. The fraction of sp³-hybridized carbons (Fsp3) is 0.833. The van der Waals surface area contributed by atoms with Gasteiger partial charge in [0.2, 0.25) is 0 Å². The van der Waals surface area contributed by atoms with E-state index >= 15 is 0 Å². The number of aliphatic hydroxyl groups is 2. The molecule has 0 aliphatic heterocycles. The maximum atomic E-state index is 9.94. The molecule has 0 fully saturated rings. The van der Waals surface area contributed by atoms with Crippen molar-refractivity contribution in [2.45, 2.75) is 63.2 Å². The smallest absolute Gasteiger partial charge is 0.318 e. The number of aliphatic carboxylic acids is 2. The highest BCUT2D eigenvalue weighted by Crippen LogP contribution is 2.10. The van der Waals surface area contributed by atoms with E-state index in [-0.39, 0.29) is 0 Å². The van der Waals surface area contributed by atoms with Gasteiger partial charge in [0, 0.05) is 0 Å². The van der Waals surface area contributed by atoms with Crippen LogP contribution < -0.4 is 0 Å². The first-order valence-electron chi connectivity index (χ1n) is 5.93. The lowest BCUT2D eigenvalue weighted by molar-refractivity contribution is -0.139. The molecule has 20 heavy (non-hydrogen) atoms. The monoisotopic (exact) mass is 330 g/mol. The van der Waals surface area contributed by atoms with Crippen LogP contribution in [0.3, 0.4) is 0 Å². The molecule has 8 heteroatoms. The van der Waals surface area contributed by atoms with Gasteiger partial charge in [0.15, 0.2) is 6.29 Å². The van der Waals surface area contributed by atoms with Gasteiger partial charge in [-0.25, -0.2) is 0 Å². The minimum Gasteiger partial charge on any atom is -0.480 e. The van der Waals surface area contributed by atoms with Crippen molar-refractivity contribution in [2.24, 2.45) is 0 Å². The lowest BCUT2D eigenvalue weighted by Crippen LogP contribution is -2.23. The Morgan fingerprint density at radius 2 is 1.15 bits per heavy atom. The third-order valence-electron chi connectivity index (χ3n) is 1.59. The Labute approximate surface area is 131 Å². The minimum atomic E-state index is -1.10.